The molecule has 0 amide bonds. The smallest absolute Gasteiger partial charge is 0.117 e. The monoisotopic (exact) mass is 255 g/mol. The molecule has 0 radical (unpaired) electrons. The molecule has 0 spiro atoms. The van der Waals surface area contributed by atoms with Crippen LogP contribution in [0.15, 0.2) is 0 Å². The standard InChI is InChI=1S/C14H29N3O/c1-16(2)10-12-4-6-13(7-5-12)17-9-3-8-15-14(18)11-17/h12-15,18H,3-11H2,1-2H3. The average molecular weight is 255 g/mol. The highest BCUT2D eigenvalue weighted by atomic mass is 16.3. The molecule has 2 fully saturated rings. The van der Waals surface area contributed by atoms with Gasteiger partial charge in [0.1, 0.15) is 6.23 Å². The Labute approximate surface area is 111 Å². The zero-order valence-electron chi connectivity index (χ0n) is 11.9. The van der Waals surface area contributed by atoms with Gasteiger partial charge in [0.2, 0.25) is 0 Å². The van der Waals surface area contributed by atoms with Gasteiger partial charge in [-0.05, 0) is 65.2 Å². The second kappa shape index (κ2) is 6.85. The summed E-state index contributed by atoms with van der Waals surface area (Å²) < 4.78 is 0. The summed E-state index contributed by atoms with van der Waals surface area (Å²) in [6.07, 6.45) is 6.16. The minimum Gasteiger partial charge on any atom is -0.377 e. The fourth-order valence-electron chi connectivity index (χ4n) is 3.47. The summed E-state index contributed by atoms with van der Waals surface area (Å²) in [5.41, 5.74) is 0. The van der Waals surface area contributed by atoms with Gasteiger partial charge in [0, 0.05) is 19.1 Å². The van der Waals surface area contributed by atoms with Crippen LogP contribution in [0.5, 0.6) is 0 Å². The first kappa shape index (κ1) is 14.3. The Balaban J connectivity index is 1.77. The van der Waals surface area contributed by atoms with Crippen LogP contribution in [0.1, 0.15) is 32.1 Å². The van der Waals surface area contributed by atoms with Crippen LogP contribution in [0.2, 0.25) is 0 Å². The first-order chi connectivity index (χ1) is 8.65. The van der Waals surface area contributed by atoms with E-state index < -0.39 is 0 Å². The van der Waals surface area contributed by atoms with Gasteiger partial charge in [0.25, 0.3) is 0 Å². The summed E-state index contributed by atoms with van der Waals surface area (Å²) >= 11 is 0. The van der Waals surface area contributed by atoms with Crippen LogP contribution in [-0.4, -0.2) is 67.5 Å². The van der Waals surface area contributed by atoms with Crippen molar-refractivity contribution >= 4 is 0 Å². The predicted molar refractivity (Wildman–Crippen MR) is 74.5 cm³/mol. The van der Waals surface area contributed by atoms with Crippen LogP contribution < -0.4 is 5.32 Å². The Morgan fingerprint density at radius 1 is 1.22 bits per heavy atom. The molecule has 1 unspecified atom stereocenters. The minimum absolute atomic E-state index is 0.327. The zero-order chi connectivity index (χ0) is 13.0. The molecule has 4 heteroatoms. The lowest BCUT2D eigenvalue weighted by Gasteiger charge is -2.37. The van der Waals surface area contributed by atoms with Crippen LogP contribution >= 0.6 is 0 Å². The van der Waals surface area contributed by atoms with Crippen LogP contribution in [0.4, 0.5) is 0 Å². The summed E-state index contributed by atoms with van der Waals surface area (Å²) in [4.78, 5) is 4.82. The second-order valence-electron chi connectivity index (χ2n) is 6.26. The molecule has 0 bridgehead atoms. The van der Waals surface area contributed by atoms with E-state index in [9.17, 15) is 5.11 Å². The molecule has 0 aromatic rings. The van der Waals surface area contributed by atoms with E-state index in [0.29, 0.717) is 6.04 Å². The molecule has 2 N–H and O–H groups in total. The molecule has 1 saturated carbocycles. The van der Waals surface area contributed by atoms with Crippen molar-refractivity contribution in [1.82, 2.24) is 15.1 Å². The molecule has 1 aliphatic heterocycles. The lowest BCUT2D eigenvalue weighted by Crippen LogP contribution is -2.44. The van der Waals surface area contributed by atoms with E-state index in [4.69, 9.17) is 0 Å². The van der Waals surface area contributed by atoms with Gasteiger partial charge in [-0.1, -0.05) is 0 Å². The molecule has 4 nitrogen and oxygen atoms in total. The topological polar surface area (TPSA) is 38.7 Å². The van der Waals surface area contributed by atoms with E-state index in [1.165, 1.54) is 32.2 Å². The van der Waals surface area contributed by atoms with E-state index in [1.54, 1.807) is 0 Å². The number of nitrogens with one attached hydrogen (secondary N) is 1. The number of aliphatic hydroxyl groups is 1. The van der Waals surface area contributed by atoms with Crippen molar-refractivity contribution in [3.63, 3.8) is 0 Å². The largest absolute Gasteiger partial charge is 0.377 e. The Hall–Kier alpha value is -0.160. The molecule has 0 aromatic heterocycles. The Bertz CT molecular complexity index is 239. The summed E-state index contributed by atoms with van der Waals surface area (Å²) in [7, 11) is 4.34. The Kier molecular flexibility index (Phi) is 5.42. The number of aliphatic hydroxyl groups excluding tert-OH is 1. The fraction of sp³-hybridized carbons (Fsp3) is 1.00. The third kappa shape index (κ3) is 4.19. The number of β-amino-alcohol motifs (C(OH)–C–C–N with tert-alkyl or cyclic N) is 1. The van der Waals surface area contributed by atoms with Crippen molar-refractivity contribution in [2.75, 3.05) is 40.3 Å². The highest BCUT2D eigenvalue weighted by Gasteiger charge is 2.27. The SMILES string of the molecule is CN(C)CC1CCC(N2CCCNC(O)C2)CC1. The maximum atomic E-state index is 9.80. The van der Waals surface area contributed by atoms with Crippen molar-refractivity contribution < 1.29 is 5.11 Å². The average Bonchev–Trinajstić information content (AvgIpc) is 2.54. The molecule has 1 heterocycles. The van der Waals surface area contributed by atoms with Gasteiger partial charge in [0.05, 0.1) is 0 Å². The van der Waals surface area contributed by atoms with Gasteiger partial charge < -0.3 is 10.0 Å². The highest BCUT2D eigenvalue weighted by molar-refractivity contribution is 4.82. The molecule has 106 valence electrons. The van der Waals surface area contributed by atoms with E-state index in [-0.39, 0.29) is 6.23 Å². The van der Waals surface area contributed by atoms with Crippen molar-refractivity contribution in [3.05, 3.63) is 0 Å². The number of hydrogen-bond donors (Lipinski definition) is 2. The third-order valence-electron chi connectivity index (χ3n) is 4.37. The van der Waals surface area contributed by atoms with Crippen LogP contribution in [0.25, 0.3) is 0 Å². The fourth-order valence-corrected chi connectivity index (χ4v) is 3.47. The predicted octanol–water partition coefficient (Wildman–Crippen LogP) is 0.721. The first-order valence-corrected chi connectivity index (χ1v) is 7.45. The lowest BCUT2D eigenvalue weighted by atomic mass is 9.85. The quantitative estimate of drug-likeness (QED) is 0.779. The minimum atomic E-state index is -0.327. The number of nitrogens with zero attached hydrogens (tertiary/aromatic N) is 2. The molecule has 2 rings (SSSR count). The van der Waals surface area contributed by atoms with Crippen LogP contribution in [0, 0.1) is 5.92 Å². The van der Waals surface area contributed by atoms with Gasteiger partial charge in [-0.15, -0.1) is 0 Å². The molecular weight excluding hydrogens is 226 g/mol. The maximum Gasteiger partial charge on any atom is 0.117 e. The summed E-state index contributed by atoms with van der Waals surface area (Å²) in [5.74, 6) is 0.881. The molecule has 1 aliphatic carbocycles. The number of hydrogen-bond acceptors (Lipinski definition) is 4. The molecule has 0 aromatic carbocycles. The summed E-state index contributed by atoms with van der Waals surface area (Å²) in [5, 5.41) is 13.0. The van der Waals surface area contributed by atoms with E-state index in [2.05, 4.69) is 29.2 Å². The van der Waals surface area contributed by atoms with Crippen molar-refractivity contribution in [1.29, 1.82) is 0 Å². The third-order valence-corrected chi connectivity index (χ3v) is 4.37. The maximum absolute atomic E-state index is 9.80. The molecule has 1 atom stereocenters. The van der Waals surface area contributed by atoms with E-state index in [1.807, 2.05) is 0 Å². The molecule has 2 aliphatic rings. The molecule has 18 heavy (non-hydrogen) atoms. The molecular formula is C14H29N3O. The van der Waals surface area contributed by atoms with Gasteiger partial charge >= 0.3 is 0 Å². The van der Waals surface area contributed by atoms with Crippen molar-refractivity contribution in [3.8, 4) is 0 Å². The van der Waals surface area contributed by atoms with E-state index >= 15 is 0 Å². The normalized spacial score (nSPS) is 35.7. The number of rotatable bonds is 3. The molecule has 1 saturated heterocycles. The summed E-state index contributed by atoms with van der Waals surface area (Å²) in [6, 6.07) is 0.706. The zero-order valence-corrected chi connectivity index (χ0v) is 11.9. The van der Waals surface area contributed by atoms with Gasteiger partial charge in [-0.3, -0.25) is 10.2 Å². The van der Waals surface area contributed by atoms with Crippen LogP contribution in [0.3, 0.4) is 0 Å². The highest BCUT2D eigenvalue weighted by Crippen LogP contribution is 2.28. The first-order valence-electron chi connectivity index (χ1n) is 7.45. The van der Waals surface area contributed by atoms with Crippen LogP contribution in [-0.2, 0) is 0 Å². The van der Waals surface area contributed by atoms with Gasteiger partial charge in [0.15, 0.2) is 0 Å². The van der Waals surface area contributed by atoms with Gasteiger partial charge in [-0.2, -0.15) is 0 Å². The van der Waals surface area contributed by atoms with Gasteiger partial charge in [-0.25, -0.2) is 0 Å². The lowest BCUT2D eigenvalue weighted by molar-refractivity contribution is 0.0634. The Morgan fingerprint density at radius 3 is 2.61 bits per heavy atom. The van der Waals surface area contributed by atoms with Crippen molar-refractivity contribution in [2.45, 2.75) is 44.4 Å². The van der Waals surface area contributed by atoms with Crippen molar-refractivity contribution in [2.24, 2.45) is 5.92 Å². The van der Waals surface area contributed by atoms with E-state index in [0.717, 1.165) is 32.0 Å². The Morgan fingerprint density at radius 2 is 1.94 bits per heavy atom. The summed E-state index contributed by atoms with van der Waals surface area (Å²) in [6.45, 7) is 4.14. The second-order valence-corrected chi connectivity index (χ2v) is 6.26.